The maximum Gasteiger partial charge on any atom is 0.232 e. The van der Waals surface area contributed by atoms with Gasteiger partial charge in [-0.05, 0) is 48.0 Å². The second kappa shape index (κ2) is 6.29. The van der Waals surface area contributed by atoms with Crippen molar-refractivity contribution >= 4 is 11.9 Å². The largest absolute Gasteiger partial charge is 0.504 e. The van der Waals surface area contributed by atoms with Crippen molar-refractivity contribution in [2.75, 3.05) is 0 Å². The number of carbonyl (C=O) groups is 1. The maximum atomic E-state index is 12.4. The van der Waals surface area contributed by atoms with Crippen molar-refractivity contribution in [3.05, 3.63) is 83.6 Å². The Bertz CT molecular complexity index is 1000. The Hall–Kier alpha value is -3.73. The zero-order valence-electron chi connectivity index (χ0n) is 13.5. The Labute approximate surface area is 149 Å². The van der Waals surface area contributed by atoms with E-state index in [-0.39, 0.29) is 28.6 Å². The molecule has 3 aromatic carbocycles. The molecule has 1 heterocycles. The average Bonchev–Trinajstić information content (AvgIpc) is 2.97. The molecule has 1 aliphatic rings. The van der Waals surface area contributed by atoms with Crippen LogP contribution in [-0.4, -0.2) is 16.0 Å². The van der Waals surface area contributed by atoms with Crippen molar-refractivity contribution in [3.63, 3.8) is 0 Å². The molecule has 0 unspecified atom stereocenters. The van der Waals surface area contributed by atoms with Gasteiger partial charge in [-0.25, -0.2) is 0 Å². The van der Waals surface area contributed by atoms with Crippen LogP contribution >= 0.6 is 0 Å². The predicted octanol–water partition coefficient (Wildman–Crippen LogP) is 4.51. The van der Waals surface area contributed by atoms with Gasteiger partial charge in [0, 0.05) is 0 Å². The van der Waals surface area contributed by atoms with Crippen molar-refractivity contribution < 1.29 is 24.5 Å². The number of para-hydroxylation sites is 1. The van der Waals surface area contributed by atoms with Crippen molar-refractivity contribution in [2.24, 2.45) is 0 Å². The highest BCUT2D eigenvalue weighted by Gasteiger charge is 2.31. The van der Waals surface area contributed by atoms with Crippen LogP contribution in [0.15, 0.2) is 72.5 Å². The number of benzene rings is 3. The van der Waals surface area contributed by atoms with E-state index in [2.05, 4.69) is 0 Å². The topological polar surface area (TPSA) is 76.0 Å². The zero-order valence-corrected chi connectivity index (χ0v) is 13.5. The molecule has 3 aromatic rings. The van der Waals surface area contributed by atoms with Crippen molar-refractivity contribution in [3.8, 4) is 28.7 Å². The summed E-state index contributed by atoms with van der Waals surface area (Å²) in [4.78, 5) is 12.4. The molecular formula is C21H14O5. The number of fused-ring (bicyclic) bond motifs is 1. The zero-order chi connectivity index (χ0) is 18.1. The van der Waals surface area contributed by atoms with Gasteiger partial charge in [-0.15, -0.1) is 0 Å². The molecule has 5 heteroatoms. The van der Waals surface area contributed by atoms with Crippen LogP contribution in [0.2, 0.25) is 0 Å². The lowest BCUT2D eigenvalue weighted by Gasteiger charge is -2.05. The van der Waals surface area contributed by atoms with Gasteiger partial charge >= 0.3 is 0 Å². The Morgan fingerprint density at radius 1 is 0.846 bits per heavy atom. The van der Waals surface area contributed by atoms with Crippen LogP contribution in [-0.2, 0) is 0 Å². The van der Waals surface area contributed by atoms with E-state index in [1.807, 2.05) is 30.3 Å². The molecule has 0 atom stereocenters. The van der Waals surface area contributed by atoms with Crippen molar-refractivity contribution in [1.29, 1.82) is 0 Å². The van der Waals surface area contributed by atoms with Crippen LogP contribution in [0.1, 0.15) is 15.9 Å². The first kappa shape index (κ1) is 15.8. The van der Waals surface area contributed by atoms with Gasteiger partial charge < -0.3 is 19.7 Å². The lowest BCUT2D eigenvalue weighted by molar-refractivity contribution is 0.101. The molecule has 0 fully saturated rings. The molecule has 5 nitrogen and oxygen atoms in total. The molecular weight excluding hydrogens is 332 g/mol. The van der Waals surface area contributed by atoms with Gasteiger partial charge in [0.15, 0.2) is 17.3 Å². The summed E-state index contributed by atoms with van der Waals surface area (Å²) in [6, 6.07) is 19.3. The van der Waals surface area contributed by atoms with E-state index >= 15 is 0 Å². The third kappa shape index (κ3) is 2.86. The summed E-state index contributed by atoms with van der Waals surface area (Å²) in [5, 5.41) is 19.3. The van der Waals surface area contributed by atoms with Crippen LogP contribution in [0, 0.1) is 0 Å². The van der Waals surface area contributed by atoms with Crippen LogP contribution < -0.4 is 9.47 Å². The highest BCUT2D eigenvalue weighted by molar-refractivity contribution is 6.15. The van der Waals surface area contributed by atoms with E-state index < -0.39 is 5.75 Å². The Morgan fingerprint density at radius 2 is 1.54 bits per heavy atom. The molecule has 0 spiro atoms. The number of allylic oxidation sites excluding steroid dienone is 1. The van der Waals surface area contributed by atoms with Gasteiger partial charge in [0.25, 0.3) is 0 Å². The maximum absolute atomic E-state index is 12.4. The molecule has 0 radical (unpaired) electrons. The second-order valence-electron chi connectivity index (χ2n) is 5.73. The molecule has 1 aliphatic heterocycles. The van der Waals surface area contributed by atoms with E-state index in [1.54, 1.807) is 30.3 Å². The molecule has 0 aliphatic carbocycles. The molecule has 0 saturated heterocycles. The van der Waals surface area contributed by atoms with Gasteiger partial charge in [-0.2, -0.15) is 0 Å². The lowest BCUT2D eigenvalue weighted by Crippen LogP contribution is -1.97. The van der Waals surface area contributed by atoms with Crippen LogP contribution in [0.25, 0.3) is 6.08 Å². The van der Waals surface area contributed by atoms with Crippen LogP contribution in [0.4, 0.5) is 0 Å². The first-order valence-corrected chi connectivity index (χ1v) is 7.94. The SMILES string of the molecule is O=C1C(=Cc2ccc(Oc3ccccc3)cc2)Oc2c1ccc(O)c2O. The van der Waals surface area contributed by atoms with E-state index in [4.69, 9.17) is 9.47 Å². The lowest BCUT2D eigenvalue weighted by atomic mass is 10.1. The van der Waals surface area contributed by atoms with Crippen molar-refractivity contribution in [2.45, 2.75) is 0 Å². The predicted molar refractivity (Wildman–Crippen MR) is 95.7 cm³/mol. The van der Waals surface area contributed by atoms with Gasteiger partial charge in [-0.1, -0.05) is 30.3 Å². The second-order valence-corrected chi connectivity index (χ2v) is 5.73. The smallest absolute Gasteiger partial charge is 0.232 e. The van der Waals surface area contributed by atoms with Gasteiger partial charge in [0.05, 0.1) is 5.56 Å². The van der Waals surface area contributed by atoms with Crippen LogP contribution in [0.5, 0.6) is 28.7 Å². The van der Waals surface area contributed by atoms with E-state index in [9.17, 15) is 15.0 Å². The molecule has 128 valence electrons. The molecule has 4 rings (SSSR count). The minimum atomic E-state index is -0.439. The summed E-state index contributed by atoms with van der Waals surface area (Å²) in [6.07, 6.45) is 1.57. The standard InChI is InChI=1S/C21H14O5/c22-17-11-10-16-19(23)18(26-21(16)20(17)24)12-13-6-8-15(9-7-13)25-14-4-2-1-3-5-14/h1-12,22,24H. The summed E-state index contributed by atoms with van der Waals surface area (Å²) in [6.45, 7) is 0. The van der Waals surface area contributed by atoms with E-state index in [0.717, 1.165) is 11.3 Å². The highest BCUT2D eigenvalue weighted by Crippen LogP contribution is 2.44. The fraction of sp³-hybridized carbons (Fsp3) is 0. The van der Waals surface area contributed by atoms with Gasteiger partial charge in [-0.3, -0.25) is 4.79 Å². The number of phenolic OH excluding ortho intramolecular Hbond substituents is 2. The summed E-state index contributed by atoms with van der Waals surface area (Å²) in [5.41, 5.74) is 0.959. The van der Waals surface area contributed by atoms with E-state index in [0.29, 0.717) is 5.75 Å². The summed E-state index contributed by atoms with van der Waals surface area (Å²) < 4.78 is 11.2. The molecule has 0 aromatic heterocycles. The number of hydrogen-bond donors (Lipinski definition) is 2. The minimum Gasteiger partial charge on any atom is -0.504 e. The summed E-state index contributed by atoms with van der Waals surface area (Å²) in [7, 11) is 0. The van der Waals surface area contributed by atoms with Crippen molar-refractivity contribution in [1.82, 2.24) is 0 Å². The molecule has 2 N–H and O–H groups in total. The average molecular weight is 346 g/mol. The fourth-order valence-corrected chi connectivity index (χ4v) is 2.64. The molecule has 0 bridgehead atoms. The Kier molecular flexibility index (Phi) is 3.82. The van der Waals surface area contributed by atoms with Crippen LogP contribution in [0.3, 0.4) is 0 Å². The third-order valence-corrected chi connectivity index (χ3v) is 3.95. The summed E-state index contributed by atoms with van der Waals surface area (Å²) in [5.74, 6) is 0.343. The Balaban J connectivity index is 1.56. The summed E-state index contributed by atoms with van der Waals surface area (Å²) >= 11 is 0. The number of hydrogen-bond acceptors (Lipinski definition) is 5. The van der Waals surface area contributed by atoms with Gasteiger partial charge in [0.2, 0.25) is 11.5 Å². The number of ether oxygens (including phenoxy) is 2. The quantitative estimate of drug-likeness (QED) is 0.539. The normalized spacial score (nSPS) is 14.2. The number of Topliss-reactive ketones (excluding diaryl/α,β-unsaturated/α-hetero) is 1. The number of aromatic hydroxyl groups is 2. The van der Waals surface area contributed by atoms with Gasteiger partial charge in [0.1, 0.15) is 11.5 Å². The number of ketones is 1. The number of rotatable bonds is 3. The number of carbonyl (C=O) groups excluding carboxylic acids is 1. The molecule has 0 amide bonds. The molecule has 0 saturated carbocycles. The molecule has 26 heavy (non-hydrogen) atoms. The monoisotopic (exact) mass is 346 g/mol. The highest BCUT2D eigenvalue weighted by atomic mass is 16.5. The fourth-order valence-electron chi connectivity index (χ4n) is 2.64. The third-order valence-electron chi connectivity index (χ3n) is 3.95. The Morgan fingerprint density at radius 3 is 2.27 bits per heavy atom. The minimum absolute atomic E-state index is 0.0229. The van der Waals surface area contributed by atoms with E-state index in [1.165, 1.54) is 12.1 Å². The first-order chi connectivity index (χ1) is 12.6. The first-order valence-electron chi connectivity index (χ1n) is 7.94. The number of phenols is 2.